The molecule has 1 aromatic carbocycles. The molecule has 0 bridgehead atoms. The maximum Gasteiger partial charge on any atom is 0.240 e. The molecule has 0 aromatic heterocycles. The number of thioether (sulfide) groups is 1. The van der Waals surface area contributed by atoms with Crippen molar-refractivity contribution in [2.75, 3.05) is 38.1 Å². The average molecular weight is 358 g/mol. The Morgan fingerprint density at radius 1 is 1.39 bits per heavy atom. The van der Waals surface area contributed by atoms with Crippen molar-refractivity contribution < 1.29 is 17.9 Å². The van der Waals surface area contributed by atoms with Gasteiger partial charge in [-0.05, 0) is 30.7 Å². The number of benzene rings is 1. The van der Waals surface area contributed by atoms with Crippen LogP contribution in [0, 0.1) is 0 Å². The number of rotatable bonds is 7. The van der Waals surface area contributed by atoms with E-state index in [2.05, 4.69) is 5.32 Å². The average Bonchev–Trinajstić information content (AvgIpc) is 3.04. The highest BCUT2D eigenvalue weighted by atomic mass is 32.2. The number of sulfone groups is 1. The van der Waals surface area contributed by atoms with Gasteiger partial charge in [0, 0.05) is 31.5 Å². The van der Waals surface area contributed by atoms with E-state index in [1.807, 2.05) is 0 Å². The second-order valence-corrected chi connectivity index (χ2v) is 8.52. The predicted octanol–water partition coefficient (Wildman–Crippen LogP) is 0.980. The molecule has 2 rings (SSSR count). The summed E-state index contributed by atoms with van der Waals surface area (Å²) in [6.45, 7) is 1.10. The van der Waals surface area contributed by atoms with Crippen molar-refractivity contribution >= 4 is 27.5 Å². The van der Waals surface area contributed by atoms with Crippen molar-refractivity contribution in [1.29, 1.82) is 0 Å². The Balaban J connectivity index is 1.71. The normalized spacial score (nSPS) is 17.9. The summed E-state index contributed by atoms with van der Waals surface area (Å²) >= 11 is 1.73. The van der Waals surface area contributed by atoms with Crippen molar-refractivity contribution in [2.45, 2.75) is 17.4 Å². The minimum absolute atomic E-state index is 0.0746. The number of hydrogen-bond donors (Lipinski definition) is 1. The van der Waals surface area contributed by atoms with Crippen LogP contribution in [0.25, 0.3) is 0 Å². The van der Waals surface area contributed by atoms with Crippen LogP contribution >= 0.6 is 11.8 Å². The van der Waals surface area contributed by atoms with Gasteiger partial charge in [-0.2, -0.15) is 0 Å². The molecule has 1 atom stereocenters. The summed E-state index contributed by atoms with van der Waals surface area (Å²) in [5, 5.41) is 3.16. The van der Waals surface area contributed by atoms with E-state index < -0.39 is 9.84 Å². The zero-order chi connectivity index (χ0) is 16.9. The smallest absolute Gasteiger partial charge is 0.240 e. The molecule has 1 aliphatic heterocycles. The van der Waals surface area contributed by atoms with Crippen LogP contribution < -0.4 is 10.1 Å². The molecular weight excluding hydrogens is 336 g/mol. The number of nitrogens with zero attached hydrogens (tertiary/aromatic N) is 1. The summed E-state index contributed by atoms with van der Waals surface area (Å²) in [4.78, 5) is 14.1. The number of ether oxygens (including phenoxy) is 1. The van der Waals surface area contributed by atoms with E-state index in [4.69, 9.17) is 4.74 Å². The Morgan fingerprint density at radius 3 is 2.65 bits per heavy atom. The highest BCUT2D eigenvalue weighted by Crippen LogP contribution is 2.16. The zero-order valence-corrected chi connectivity index (χ0v) is 15.0. The highest BCUT2D eigenvalue weighted by Gasteiger charge is 2.24. The number of carbonyl (C=O) groups is 1. The number of carbonyl (C=O) groups excluding carboxylic acids is 1. The molecule has 23 heavy (non-hydrogen) atoms. The monoisotopic (exact) mass is 358 g/mol. The van der Waals surface area contributed by atoms with Crippen LogP contribution in [0.2, 0.25) is 0 Å². The molecule has 6 nitrogen and oxygen atoms in total. The van der Waals surface area contributed by atoms with E-state index in [0.29, 0.717) is 18.9 Å². The minimum Gasteiger partial charge on any atom is -0.494 e. The summed E-state index contributed by atoms with van der Waals surface area (Å²) in [7, 11) is -1.38. The maximum absolute atomic E-state index is 12.1. The number of likely N-dealkylation sites (N-methyl/N-ethyl adjacent to an activating group) is 1. The van der Waals surface area contributed by atoms with Crippen LogP contribution in [0.5, 0.6) is 5.75 Å². The molecule has 0 aliphatic carbocycles. The molecule has 0 radical (unpaired) electrons. The van der Waals surface area contributed by atoms with Gasteiger partial charge in [0.25, 0.3) is 0 Å². The molecule has 1 saturated heterocycles. The molecule has 1 amide bonds. The molecule has 1 aromatic rings. The van der Waals surface area contributed by atoms with Crippen molar-refractivity contribution in [2.24, 2.45) is 0 Å². The Kier molecular flexibility index (Phi) is 6.32. The lowest BCUT2D eigenvalue weighted by Crippen LogP contribution is -2.43. The third-order valence-corrected chi connectivity index (χ3v) is 5.62. The van der Waals surface area contributed by atoms with Crippen LogP contribution in [0.15, 0.2) is 29.2 Å². The number of hydrogen-bond acceptors (Lipinski definition) is 6. The lowest BCUT2D eigenvalue weighted by Gasteiger charge is -2.20. The van der Waals surface area contributed by atoms with E-state index >= 15 is 0 Å². The lowest BCUT2D eigenvalue weighted by atomic mass is 10.3. The minimum atomic E-state index is -3.18. The van der Waals surface area contributed by atoms with Crippen molar-refractivity contribution in [3.63, 3.8) is 0 Å². The largest absolute Gasteiger partial charge is 0.494 e. The third kappa shape index (κ3) is 5.40. The van der Waals surface area contributed by atoms with Crippen molar-refractivity contribution in [3.05, 3.63) is 24.3 Å². The molecule has 1 aliphatic rings. The van der Waals surface area contributed by atoms with Gasteiger partial charge in [-0.25, -0.2) is 8.42 Å². The van der Waals surface area contributed by atoms with Gasteiger partial charge in [-0.1, -0.05) is 0 Å². The first-order chi connectivity index (χ1) is 10.9. The van der Waals surface area contributed by atoms with Crippen LogP contribution in [-0.4, -0.2) is 63.4 Å². The number of amides is 1. The molecule has 1 heterocycles. The van der Waals surface area contributed by atoms with E-state index in [-0.39, 0.29) is 16.8 Å². The quantitative estimate of drug-likeness (QED) is 0.733. The molecule has 1 fully saturated rings. The molecule has 128 valence electrons. The maximum atomic E-state index is 12.1. The summed E-state index contributed by atoms with van der Waals surface area (Å²) < 4.78 is 28.3. The summed E-state index contributed by atoms with van der Waals surface area (Å²) in [5.41, 5.74) is 0. The van der Waals surface area contributed by atoms with E-state index in [1.165, 1.54) is 18.4 Å². The van der Waals surface area contributed by atoms with Gasteiger partial charge in [0.15, 0.2) is 9.84 Å². The molecule has 0 saturated carbocycles. The van der Waals surface area contributed by atoms with E-state index in [0.717, 1.165) is 18.1 Å². The Morgan fingerprint density at radius 2 is 2.09 bits per heavy atom. The van der Waals surface area contributed by atoms with Crippen LogP contribution in [0.3, 0.4) is 0 Å². The Hall–Kier alpha value is -1.25. The zero-order valence-electron chi connectivity index (χ0n) is 13.3. The van der Waals surface area contributed by atoms with Crippen molar-refractivity contribution in [1.82, 2.24) is 10.2 Å². The van der Waals surface area contributed by atoms with Gasteiger partial charge < -0.3 is 9.64 Å². The van der Waals surface area contributed by atoms with Gasteiger partial charge in [-0.3, -0.25) is 10.1 Å². The predicted molar refractivity (Wildman–Crippen MR) is 91.5 cm³/mol. The fourth-order valence-corrected chi connectivity index (χ4v) is 3.77. The molecule has 8 heteroatoms. The second kappa shape index (κ2) is 8.03. The SMILES string of the molecule is CN(CCCOc1ccc(S(C)(=O)=O)cc1)C(=O)C1CSCN1. The summed E-state index contributed by atoms with van der Waals surface area (Å²) in [6, 6.07) is 6.28. The van der Waals surface area contributed by atoms with Crippen LogP contribution in [0.1, 0.15) is 6.42 Å². The lowest BCUT2D eigenvalue weighted by molar-refractivity contribution is -0.131. The van der Waals surface area contributed by atoms with Crippen LogP contribution in [-0.2, 0) is 14.6 Å². The molecular formula is C15H22N2O4S2. The van der Waals surface area contributed by atoms with Gasteiger partial charge in [0.2, 0.25) is 5.91 Å². The standard InChI is InChI=1S/C15H22N2O4S2/c1-17(15(18)14-10-22-11-16-14)8-3-9-21-12-4-6-13(7-5-12)23(2,19)20/h4-7,14,16H,3,8-11H2,1-2H3. The molecule has 1 N–H and O–H groups in total. The van der Waals surface area contributed by atoms with E-state index in [9.17, 15) is 13.2 Å². The number of nitrogens with one attached hydrogen (secondary N) is 1. The Bertz CT molecular complexity index is 625. The first-order valence-electron chi connectivity index (χ1n) is 7.37. The van der Waals surface area contributed by atoms with Gasteiger partial charge >= 0.3 is 0 Å². The molecule has 0 spiro atoms. The fraction of sp³-hybridized carbons (Fsp3) is 0.533. The van der Waals surface area contributed by atoms with Crippen LogP contribution in [0.4, 0.5) is 0 Å². The fourth-order valence-electron chi connectivity index (χ4n) is 2.20. The summed E-state index contributed by atoms with van der Waals surface area (Å²) in [5.74, 6) is 2.40. The molecule has 1 unspecified atom stereocenters. The Labute approximate surface area is 141 Å². The van der Waals surface area contributed by atoms with Gasteiger partial charge in [0.05, 0.1) is 17.5 Å². The van der Waals surface area contributed by atoms with E-state index in [1.54, 1.807) is 35.8 Å². The first-order valence-corrected chi connectivity index (χ1v) is 10.4. The van der Waals surface area contributed by atoms with Crippen molar-refractivity contribution in [3.8, 4) is 5.75 Å². The highest BCUT2D eigenvalue weighted by molar-refractivity contribution is 7.99. The third-order valence-electron chi connectivity index (χ3n) is 3.55. The summed E-state index contributed by atoms with van der Waals surface area (Å²) in [6.07, 6.45) is 1.89. The first kappa shape index (κ1) is 18.1. The second-order valence-electron chi connectivity index (χ2n) is 5.48. The topological polar surface area (TPSA) is 75.7 Å². The van der Waals surface area contributed by atoms with Gasteiger partial charge in [-0.15, -0.1) is 11.8 Å². The van der Waals surface area contributed by atoms with Gasteiger partial charge in [0.1, 0.15) is 5.75 Å².